The minimum atomic E-state index is -0.429. The summed E-state index contributed by atoms with van der Waals surface area (Å²) in [6.45, 7) is 4.27. The monoisotopic (exact) mass is 1180 g/mol. The number of rotatable bonds is 14. The van der Waals surface area contributed by atoms with E-state index in [1.807, 2.05) is 165 Å². The Kier molecular flexibility index (Phi) is 21.3. The lowest BCUT2D eigenvalue weighted by Gasteiger charge is -2.34. The van der Waals surface area contributed by atoms with Crippen LogP contribution in [0.2, 0.25) is 15.1 Å². The number of carbonyl (C=O) groups excluding carboxylic acids is 6. The second-order valence-corrected chi connectivity index (χ2v) is 21.6. The molecule has 15 heteroatoms. The van der Waals surface area contributed by atoms with Gasteiger partial charge in [-0.05, 0) is 88.7 Å². The average Bonchev–Trinajstić information content (AvgIpc) is 3.53. The summed E-state index contributed by atoms with van der Waals surface area (Å²) in [6, 6.07) is 59.9. The molecule has 0 saturated carbocycles. The van der Waals surface area contributed by atoms with Gasteiger partial charge in [-0.25, -0.2) is 14.4 Å². The molecule has 3 amide bonds. The fraction of sp³-hybridized carbons (Fsp3) is 0.217. The van der Waals surface area contributed by atoms with Gasteiger partial charge in [-0.3, -0.25) is 14.4 Å². The predicted octanol–water partition coefficient (Wildman–Crippen LogP) is 14.4. The van der Waals surface area contributed by atoms with Gasteiger partial charge < -0.3 is 28.9 Å². The Hall–Kier alpha value is -8.55. The summed E-state index contributed by atoms with van der Waals surface area (Å²) in [6.07, 6.45) is 1.22. The Bertz CT molecular complexity index is 3560. The number of halogens is 3. The number of hydrogen-bond donors (Lipinski definition) is 0. The molecular weight excluding hydrogens is 1120 g/mol. The molecule has 3 aliphatic heterocycles. The van der Waals surface area contributed by atoms with Crippen LogP contribution in [0.3, 0.4) is 0 Å². The van der Waals surface area contributed by atoms with E-state index in [-0.39, 0.29) is 74.6 Å². The van der Waals surface area contributed by atoms with E-state index in [1.54, 1.807) is 74.3 Å². The first-order chi connectivity index (χ1) is 40.5. The lowest BCUT2D eigenvalue weighted by Crippen LogP contribution is -2.36. The Balaban J connectivity index is 0.000000165. The number of benzene rings is 7. The van der Waals surface area contributed by atoms with Crippen LogP contribution in [0.25, 0.3) is 5.70 Å². The van der Waals surface area contributed by atoms with Crippen molar-refractivity contribution in [1.29, 1.82) is 0 Å². The number of hydrogen-bond acceptors (Lipinski definition) is 9. The van der Waals surface area contributed by atoms with E-state index in [1.165, 1.54) is 4.90 Å². The quantitative estimate of drug-likeness (QED) is 0.0769. The highest BCUT2D eigenvalue weighted by Crippen LogP contribution is 2.42. The number of carbonyl (C=O) groups is 6. The lowest BCUT2D eigenvalue weighted by molar-refractivity contribution is -0.142. The Morgan fingerprint density at radius 3 is 1.11 bits per heavy atom. The molecule has 3 heterocycles. The van der Waals surface area contributed by atoms with E-state index in [0.29, 0.717) is 55.3 Å². The molecule has 0 spiro atoms. The molecule has 10 rings (SSSR count). The van der Waals surface area contributed by atoms with Crippen LogP contribution < -0.4 is 0 Å². The van der Waals surface area contributed by atoms with Gasteiger partial charge in [0, 0.05) is 84.6 Å². The van der Waals surface area contributed by atoms with Crippen LogP contribution >= 0.6 is 34.8 Å². The third kappa shape index (κ3) is 15.4. The summed E-state index contributed by atoms with van der Waals surface area (Å²) in [5.74, 6) is -2.38. The van der Waals surface area contributed by atoms with E-state index in [0.717, 1.165) is 38.9 Å². The summed E-state index contributed by atoms with van der Waals surface area (Å²) >= 11 is 18.0. The van der Waals surface area contributed by atoms with Crippen LogP contribution in [0, 0.1) is 0 Å². The van der Waals surface area contributed by atoms with Crippen molar-refractivity contribution in [2.45, 2.75) is 77.1 Å². The standard InChI is InChI=1S/C26H22ClNO3.C22H22ClNO3.C21H20ClNO3/c1-28-23(29)16-22(19-12-14-21(27)15-13-19)24(25(28)20-10-6-3-7-11-20)26(30)31-17-18-8-4-2-5-9-18;1-3-19-21(22(26)27-14-15-7-5-4-6-8-15)18(13-20(25)24(19)2)16-9-11-17(23)12-10-16;1-14-20(21(25)26-13-15-6-4-3-5-7-15)18(12-19(24)23(14)2)16-8-10-17(22)11-9-16/h2-15,22H,16-17H2,1H3;4-12,18H,3,13-14H2,1-2H3;3-11,18H,12-13H2,1-2H3. The topological polar surface area (TPSA) is 140 Å². The Labute approximate surface area is 505 Å². The molecule has 0 bridgehead atoms. The van der Waals surface area contributed by atoms with Crippen molar-refractivity contribution >= 4 is 76.1 Å². The molecule has 7 aromatic carbocycles. The van der Waals surface area contributed by atoms with Gasteiger partial charge in [-0.15, -0.1) is 0 Å². The fourth-order valence-electron chi connectivity index (χ4n) is 10.4. The number of amides is 3. The fourth-order valence-corrected chi connectivity index (χ4v) is 10.7. The molecule has 0 saturated heterocycles. The van der Waals surface area contributed by atoms with Crippen molar-refractivity contribution in [3.8, 4) is 0 Å². The Morgan fingerprint density at radius 1 is 0.417 bits per heavy atom. The van der Waals surface area contributed by atoms with Gasteiger partial charge in [-0.1, -0.05) is 199 Å². The molecular formula is C69H64Cl3N3O9. The maximum atomic E-state index is 13.4. The third-order valence-electron chi connectivity index (χ3n) is 15.0. The smallest absolute Gasteiger partial charge is 0.337 e. The number of esters is 3. The minimum Gasteiger partial charge on any atom is -0.457 e. The molecule has 12 nitrogen and oxygen atoms in total. The Morgan fingerprint density at radius 2 is 0.726 bits per heavy atom. The molecule has 430 valence electrons. The number of nitrogens with zero attached hydrogens (tertiary/aromatic N) is 3. The highest BCUT2D eigenvalue weighted by atomic mass is 35.5. The van der Waals surface area contributed by atoms with E-state index < -0.39 is 17.9 Å². The number of ether oxygens (including phenoxy) is 3. The molecule has 0 fully saturated rings. The van der Waals surface area contributed by atoms with Crippen LogP contribution in [0.1, 0.15) is 96.2 Å². The van der Waals surface area contributed by atoms with Crippen molar-refractivity contribution in [2.75, 3.05) is 21.1 Å². The summed E-state index contributed by atoms with van der Waals surface area (Å²) in [5, 5.41) is 1.83. The molecule has 0 aliphatic carbocycles. The average molecular weight is 1190 g/mol. The molecule has 0 radical (unpaired) electrons. The van der Waals surface area contributed by atoms with Gasteiger partial charge in [0.05, 0.1) is 22.4 Å². The summed E-state index contributed by atoms with van der Waals surface area (Å²) in [4.78, 5) is 81.6. The molecule has 0 N–H and O–H groups in total. The SMILES string of the molecule is CC1=C(C(=O)OCc2ccccc2)C(c2ccc(Cl)cc2)CC(=O)N1C.CCC1=C(C(=O)OCc2ccccc2)C(c2ccc(Cl)cc2)CC(=O)N1C.CN1C(=O)CC(c2ccc(Cl)cc2)C(C(=O)OCc2ccccc2)=C1c1ccccc1. The minimum absolute atomic E-state index is 0.00795. The summed E-state index contributed by atoms with van der Waals surface area (Å²) < 4.78 is 16.9. The van der Waals surface area contributed by atoms with Gasteiger partial charge in [-0.2, -0.15) is 0 Å². The predicted molar refractivity (Wildman–Crippen MR) is 327 cm³/mol. The molecule has 3 aliphatic rings. The zero-order valence-corrected chi connectivity index (χ0v) is 49.6. The van der Waals surface area contributed by atoms with Crippen molar-refractivity contribution < 1.29 is 43.0 Å². The normalized spacial score (nSPS) is 17.0. The first-order valence-corrected chi connectivity index (χ1v) is 28.6. The van der Waals surface area contributed by atoms with Crippen molar-refractivity contribution in [3.05, 3.63) is 276 Å². The molecule has 3 atom stereocenters. The zero-order valence-electron chi connectivity index (χ0n) is 47.3. The van der Waals surface area contributed by atoms with Gasteiger partial charge in [0.25, 0.3) is 0 Å². The summed E-state index contributed by atoms with van der Waals surface area (Å²) in [7, 11) is 5.09. The van der Waals surface area contributed by atoms with Gasteiger partial charge >= 0.3 is 17.9 Å². The van der Waals surface area contributed by atoms with E-state index in [4.69, 9.17) is 49.0 Å². The zero-order chi connectivity index (χ0) is 59.9. The van der Waals surface area contributed by atoms with Crippen molar-refractivity contribution in [1.82, 2.24) is 14.7 Å². The highest BCUT2D eigenvalue weighted by Gasteiger charge is 2.39. The van der Waals surface area contributed by atoms with Gasteiger partial charge in [0.15, 0.2) is 0 Å². The molecule has 0 aromatic heterocycles. The summed E-state index contributed by atoms with van der Waals surface area (Å²) in [5.41, 5.74) is 9.62. The molecule has 3 unspecified atom stereocenters. The molecule has 7 aromatic rings. The van der Waals surface area contributed by atoms with E-state index >= 15 is 0 Å². The van der Waals surface area contributed by atoms with Crippen molar-refractivity contribution in [2.24, 2.45) is 0 Å². The highest BCUT2D eigenvalue weighted by molar-refractivity contribution is 6.31. The second kappa shape index (κ2) is 29.1. The third-order valence-corrected chi connectivity index (χ3v) is 15.8. The maximum absolute atomic E-state index is 13.4. The molecule has 84 heavy (non-hydrogen) atoms. The second-order valence-electron chi connectivity index (χ2n) is 20.3. The van der Waals surface area contributed by atoms with E-state index in [2.05, 4.69) is 0 Å². The first kappa shape index (κ1) is 61.5. The maximum Gasteiger partial charge on any atom is 0.337 e. The van der Waals surface area contributed by atoms with Crippen LogP contribution in [0.15, 0.2) is 222 Å². The number of allylic oxidation sites excluding steroid dienone is 2. The lowest BCUT2D eigenvalue weighted by atomic mass is 9.82. The van der Waals surface area contributed by atoms with E-state index in [9.17, 15) is 28.8 Å². The van der Waals surface area contributed by atoms with Gasteiger partial charge in [0.1, 0.15) is 19.8 Å². The first-order valence-electron chi connectivity index (χ1n) is 27.4. The van der Waals surface area contributed by atoms with Gasteiger partial charge in [0.2, 0.25) is 17.7 Å². The van der Waals surface area contributed by atoms with Crippen LogP contribution in [0.4, 0.5) is 0 Å². The van der Waals surface area contributed by atoms with Crippen LogP contribution in [-0.2, 0) is 62.8 Å². The van der Waals surface area contributed by atoms with Crippen LogP contribution in [0.5, 0.6) is 0 Å². The van der Waals surface area contributed by atoms with Crippen LogP contribution in [-0.4, -0.2) is 71.5 Å². The van der Waals surface area contributed by atoms with Crippen molar-refractivity contribution in [3.63, 3.8) is 0 Å². The largest absolute Gasteiger partial charge is 0.457 e.